The first-order chi connectivity index (χ1) is 8.61. The van der Waals surface area contributed by atoms with Crippen LogP contribution in [0.1, 0.15) is 11.9 Å². The lowest BCUT2D eigenvalue weighted by Crippen LogP contribution is -2.17. The highest BCUT2D eigenvalue weighted by Gasteiger charge is 2.15. The third kappa shape index (κ3) is 2.89. The molecule has 0 bridgehead atoms. The van der Waals surface area contributed by atoms with Crippen molar-refractivity contribution in [2.45, 2.75) is 6.04 Å². The summed E-state index contributed by atoms with van der Waals surface area (Å²) in [5, 5.41) is 4.44. The van der Waals surface area contributed by atoms with Crippen LogP contribution in [0, 0.1) is 0 Å². The summed E-state index contributed by atoms with van der Waals surface area (Å²) < 4.78 is 10.9. The standard InChI is InChI=1S/C11H11BrClN3O2/c1-17-5-9(14)10-15-11(18-16-10)6-2-3-8(13)7(12)4-6/h2-4,9H,5,14H2,1H3. The van der Waals surface area contributed by atoms with Gasteiger partial charge >= 0.3 is 0 Å². The molecule has 1 atom stereocenters. The van der Waals surface area contributed by atoms with Crippen molar-refractivity contribution in [2.75, 3.05) is 13.7 Å². The SMILES string of the molecule is COCC(N)c1noc(-c2ccc(Cl)c(Br)c2)n1. The van der Waals surface area contributed by atoms with Crippen molar-refractivity contribution in [2.24, 2.45) is 5.73 Å². The highest BCUT2D eigenvalue weighted by atomic mass is 79.9. The average molecular weight is 333 g/mol. The van der Waals surface area contributed by atoms with E-state index in [-0.39, 0.29) is 0 Å². The quantitative estimate of drug-likeness (QED) is 0.932. The van der Waals surface area contributed by atoms with Gasteiger partial charge in [0.1, 0.15) is 0 Å². The van der Waals surface area contributed by atoms with Crippen LogP contribution >= 0.6 is 27.5 Å². The molecule has 0 spiro atoms. The normalized spacial score (nSPS) is 12.7. The molecule has 0 aliphatic carbocycles. The molecule has 7 heteroatoms. The van der Waals surface area contributed by atoms with E-state index in [4.69, 9.17) is 26.6 Å². The van der Waals surface area contributed by atoms with E-state index in [0.717, 1.165) is 10.0 Å². The minimum atomic E-state index is -0.400. The first kappa shape index (κ1) is 13.5. The summed E-state index contributed by atoms with van der Waals surface area (Å²) in [5.74, 6) is 0.812. The summed E-state index contributed by atoms with van der Waals surface area (Å²) in [5.41, 5.74) is 6.58. The molecule has 1 heterocycles. The largest absolute Gasteiger partial charge is 0.383 e. The molecule has 0 fully saturated rings. The van der Waals surface area contributed by atoms with Gasteiger partial charge in [-0.25, -0.2) is 0 Å². The van der Waals surface area contributed by atoms with Gasteiger partial charge in [-0.1, -0.05) is 16.8 Å². The van der Waals surface area contributed by atoms with Gasteiger partial charge in [-0.2, -0.15) is 4.98 Å². The summed E-state index contributed by atoms with van der Waals surface area (Å²) in [6.45, 7) is 0.337. The number of hydrogen-bond acceptors (Lipinski definition) is 5. The number of rotatable bonds is 4. The molecular formula is C11H11BrClN3O2. The molecule has 0 aliphatic heterocycles. The number of nitrogens with two attached hydrogens (primary N) is 1. The Balaban J connectivity index is 2.26. The maximum absolute atomic E-state index is 5.91. The molecule has 0 saturated heterocycles. The van der Waals surface area contributed by atoms with Gasteiger partial charge in [0.25, 0.3) is 5.89 Å². The van der Waals surface area contributed by atoms with Crippen LogP contribution in [0.2, 0.25) is 5.02 Å². The third-order valence-corrected chi connectivity index (χ3v) is 3.50. The average Bonchev–Trinajstić information content (AvgIpc) is 2.82. The number of hydrogen-bond donors (Lipinski definition) is 1. The van der Waals surface area contributed by atoms with Crippen LogP contribution in [-0.2, 0) is 4.74 Å². The second-order valence-electron chi connectivity index (χ2n) is 3.65. The van der Waals surface area contributed by atoms with E-state index in [2.05, 4.69) is 26.1 Å². The minimum absolute atomic E-state index is 0.337. The summed E-state index contributed by atoms with van der Waals surface area (Å²) in [6.07, 6.45) is 0. The predicted molar refractivity (Wildman–Crippen MR) is 71.2 cm³/mol. The van der Waals surface area contributed by atoms with Crippen molar-refractivity contribution < 1.29 is 9.26 Å². The van der Waals surface area contributed by atoms with Crippen LogP contribution < -0.4 is 5.73 Å². The Morgan fingerprint density at radius 3 is 3.00 bits per heavy atom. The van der Waals surface area contributed by atoms with Crippen molar-refractivity contribution in [3.05, 3.63) is 33.5 Å². The molecule has 2 rings (SSSR count). The van der Waals surface area contributed by atoms with E-state index in [1.165, 1.54) is 0 Å². The molecule has 0 amide bonds. The number of benzene rings is 1. The molecular weight excluding hydrogens is 321 g/mol. The van der Waals surface area contributed by atoms with Crippen molar-refractivity contribution >= 4 is 27.5 Å². The topological polar surface area (TPSA) is 74.2 Å². The molecule has 5 nitrogen and oxygen atoms in total. The lowest BCUT2D eigenvalue weighted by molar-refractivity contribution is 0.177. The zero-order valence-corrected chi connectivity index (χ0v) is 11.9. The second kappa shape index (κ2) is 5.79. The molecule has 2 aromatic rings. The summed E-state index contributed by atoms with van der Waals surface area (Å²) in [7, 11) is 1.57. The highest BCUT2D eigenvalue weighted by Crippen LogP contribution is 2.28. The maximum atomic E-state index is 5.91. The molecule has 2 N–H and O–H groups in total. The molecule has 1 aromatic carbocycles. The molecule has 0 aliphatic rings. The Labute approximate surface area is 117 Å². The number of ether oxygens (including phenoxy) is 1. The Bertz CT molecular complexity index is 547. The predicted octanol–water partition coefficient (Wildman–Crippen LogP) is 2.80. The fourth-order valence-electron chi connectivity index (χ4n) is 1.39. The third-order valence-electron chi connectivity index (χ3n) is 2.29. The van der Waals surface area contributed by atoms with Crippen LogP contribution in [0.5, 0.6) is 0 Å². The second-order valence-corrected chi connectivity index (χ2v) is 4.91. The molecule has 96 valence electrons. The van der Waals surface area contributed by atoms with Gasteiger partial charge in [-0.3, -0.25) is 0 Å². The van der Waals surface area contributed by atoms with E-state index in [9.17, 15) is 0 Å². The molecule has 1 unspecified atom stereocenters. The summed E-state index contributed by atoms with van der Waals surface area (Å²) in [4.78, 5) is 4.22. The van der Waals surface area contributed by atoms with E-state index in [0.29, 0.717) is 23.3 Å². The first-order valence-electron chi connectivity index (χ1n) is 5.15. The van der Waals surface area contributed by atoms with Gasteiger partial charge in [-0.15, -0.1) is 0 Å². The van der Waals surface area contributed by atoms with Crippen molar-refractivity contribution in [3.8, 4) is 11.5 Å². The number of aromatic nitrogens is 2. The fourth-order valence-corrected chi connectivity index (χ4v) is 1.88. The van der Waals surface area contributed by atoms with Crippen LogP contribution in [0.25, 0.3) is 11.5 Å². The summed E-state index contributed by atoms with van der Waals surface area (Å²) >= 11 is 9.25. The van der Waals surface area contributed by atoms with E-state index in [1.807, 2.05) is 6.07 Å². The number of halogens is 2. The molecule has 0 radical (unpaired) electrons. The van der Waals surface area contributed by atoms with Gasteiger partial charge in [0.05, 0.1) is 17.7 Å². The lowest BCUT2D eigenvalue weighted by Gasteiger charge is -2.03. The Hall–Kier alpha value is -0.950. The van der Waals surface area contributed by atoms with Crippen LogP contribution in [0.3, 0.4) is 0 Å². The molecule has 0 saturated carbocycles. The van der Waals surface area contributed by atoms with E-state index >= 15 is 0 Å². The van der Waals surface area contributed by atoms with Crippen LogP contribution in [0.15, 0.2) is 27.2 Å². The maximum Gasteiger partial charge on any atom is 0.258 e. The highest BCUT2D eigenvalue weighted by molar-refractivity contribution is 9.10. The smallest absolute Gasteiger partial charge is 0.258 e. The Kier molecular flexibility index (Phi) is 4.34. The van der Waals surface area contributed by atoms with Gasteiger partial charge in [0.15, 0.2) is 5.82 Å². The zero-order chi connectivity index (χ0) is 13.1. The minimum Gasteiger partial charge on any atom is -0.383 e. The lowest BCUT2D eigenvalue weighted by atomic mass is 10.2. The summed E-state index contributed by atoms with van der Waals surface area (Å²) in [6, 6.07) is 4.96. The molecule has 18 heavy (non-hydrogen) atoms. The van der Waals surface area contributed by atoms with Crippen LogP contribution in [-0.4, -0.2) is 23.9 Å². The van der Waals surface area contributed by atoms with Crippen molar-refractivity contribution in [1.82, 2.24) is 10.1 Å². The fraction of sp³-hybridized carbons (Fsp3) is 0.273. The van der Waals surface area contributed by atoms with E-state index < -0.39 is 6.04 Å². The van der Waals surface area contributed by atoms with Gasteiger partial charge in [0.2, 0.25) is 0 Å². The first-order valence-corrected chi connectivity index (χ1v) is 6.32. The van der Waals surface area contributed by atoms with Crippen LogP contribution in [0.4, 0.5) is 0 Å². The molecule has 1 aromatic heterocycles. The van der Waals surface area contributed by atoms with Crippen molar-refractivity contribution in [3.63, 3.8) is 0 Å². The zero-order valence-electron chi connectivity index (χ0n) is 9.56. The Morgan fingerprint density at radius 1 is 1.56 bits per heavy atom. The van der Waals surface area contributed by atoms with Gasteiger partial charge in [0, 0.05) is 17.1 Å². The van der Waals surface area contributed by atoms with Gasteiger partial charge < -0.3 is 15.0 Å². The number of methoxy groups -OCH3 is 1. The van der Waals surface area contributed by atoms with Gasteiger partial charge in [-0.05, 0) is 34.1 Å². The Morgan fingerprint density at radius 2 is 2.33 bits per heavy atom. The van der Waals surface area contributed by atoms with Crippen molar-refractivity contribution in [1.29, 1.82) is 0 Å². The monoisotopic (exact) mass is 331 g/mol. The number of nitrogens with zero attached hydrogens (tertiary/aromatic N) is 2. The van der Waals surface area contributed by atoms with E-state index in [1.54, 1.807) is 19.2 Å².